The summed E-state index contributed by atoms with van der Waals surface area (Å²) < 4.78 is 15.6. The van der Waals surface area contributed by atoms with E-state index in [0.29, 0.717) is 0 Å². The van der Waals surface area contributed by atoms with Crippen LogP contribution in [-0.2, 0) is 52.6 Å². The van der Waals surface area contributed by atoms with Crippen LogP contribution in [-0.4, -0.2) is 75.0 Å². The summed E-state index contributed by atoms with van der Waals surface area (Å²) in [5.74, 6) is -3.08. The van der Waals surface area contributed by atoms with Gasteiger partial charge in [-0.2, -0.15) is 0 Å². The quantitative estimate of drug-likeness (QED) is 0.198. The smallest absolute Gasteiger partial charge is 0.309 e. The van der Waals surface area contributed by atoms with Crippen molar-refractivity contribution in [1.82, 2.24) is 10.6 Å². The Morgan fingerprint density at radius 1 is 0.592 bits per heavy atom. The lowest BCUT2D eigenvalue weighted by atomic mass is 9.87. The van der Waals surface area contributed by atoms with Crippen molar-refractivity contribution in [2.75, 3.05) is 0 Å². The van der Waals surface area contributed by atoms with Crippen LogP contribution < -0.4 is 10.6 Å². The number of amides is 2. The zero-order valence-corrected chi connectivity index (χ0v) is 32.3. The van der Waals surface area contributed by atoms with Gasteiger partial charge in [-0.25, -0.2) is 0 Å². The number of carbonyl (C=O) groups is 8. The minimum absolute atomic E-state index is 0.0124. The van der Waals surface area contributed by atoms with Gasteiger partial charge in [0.2, 0.25) is 11.8 Å². The molecule has 2 aliphatic rings. The lowest BCUT2D eigenvalue weighted by Crippen LogP contribution is -2.46. The van der Waals surface area contributed by atoms with Crippen LogP contribution in [0.4, 0.5) is 0 Å². The van der Waals surface area contributed by atoms with E-state index in [4.69, 9.17) is 14.2 Å². The van der Waals surface area contributed by atoms with E-state index in [1.54, 1.807) is 76.2 Å². The van der Waals surface area contributed by atoms with E-state index in [1.807, 2.05) is 20.8 Å². The third-order valence-electron chi connectivity index (χ3n) is 7.15. The predicted molar refractivity (Wildman–Crippen MR) is 182 cm³/mol. The largest absolute Gasteiger partial charge is 0.460 e. The Bertz CT molecular complexity index is 1190. The Labute approximate surface area is 291 Å². The Morgan fingerprint density at radius 2 is 0.857 bits per heavy atom. The molecule has 0 aromatic heterocycles. The third-order valence-corrected chi connectivity index (χ3v) is 7.15. The molecule has 0 radical (unpaired) electrons. The monoisotopic (exact) mass is 696 g/mol. The maximum Gasteiger partial charge on any atom is 0.309 e. The first-order valence-corrected chi connectivity index (χ1v) is 16.7. The molecule has 0 aromatic rings. The molecule has 0 saturated carbocycles. The van der Waals surface area contributed by atoms with Crippen molar-refractivity contribution in [3.63, 3.8) is 0 Å². The van der Waals surface area contributed by atoms with Gasteiger partial charge in [-0.05, 0) is 95.9 Å². The number of carbonyl (C=O) groups excluding carboxylic acids is 8. The maximum absolute atomic E-state index is 11.8. The average molecular weight is 697 g/mol. The fraction of sp³-hybridized carbons (Fsp3) is 0.778. The molecule has 2 amide bonds. The lowest BCUT2D eigenvalue weighted by molar-refractivity contribution is -0.161. The number of Topliss-reactive ketones (excluding diaryl/α,β-unsaturated/α-hetero) is 3. The Kier molecular flexibility index (Phi) is 16.0. The topological polar surface area (TPSA) is 188 Å². The van der Waals surface area contributed by atoms with Crippen LogP contribution in [0.3, 0.4) is 0 Å². The predicted octanol–water partition coefficient (Wildman–Crippen LogP) is 4.35. The number of esters is 3. The Morgan fingerprint density at radius 3 is 1.06 bits per heavy atom. The average Bonchev–Trinajstić information content (AvgIpc) is 3.26. The van der Waals surface area contributed by atoms with E-state index in [9.17, 15) is 38.4 Å². The molecule has 5 atom stereocenters. The van der Waals surface area contributed by atoms with Crippen molar-refractivity contribution in [2.45, 2.75) is 164 Å². The third kappa shape index (κ3) is 17.5. The van der Waals surface area contributed by atoms with Crippen LogP contribution in [0, 0.1) is 17.8 Å². The van der Waals surface area contributed by atoms with E-state index in [0.717, 1.165) is 0 Å². The Balaban J connectivity index is 0.000000717. The van der Waals surface area contributed by atoms with Gasteiger partial charge in [0.15, 0.2) is 11.6 Å². The lowest BCUT2D eigenvalue weighted by Gasteiger charge is -2.27. The van der Waals surface area contributed by atoms with E-state index < -0.39 is 39.7 Å². The molecular formula is C36H60N2O11. The second-order valence-electron chi connectivity index (χ2n) is 16.6. The molecule has 2 rings (SSSR count). The molecule has 0 aliphatic carbocycles. The minimum atomic E-state index is -0.937. The van der Waals surface area contributed by atoms with Gasteiger partial charge >= 0.3 is 17.9 Å². The molecule has 2 heterocycles. The normalized spacial score (nSPS) is 22.6. The van der Waals surface area contributed by atoms with Crippen LogP contribution in [0.2, 0.25) is 0 Å². The summed E-state index contributed by atoms with van der Waals surface area (Å²) >= 11 is 0. The van der Waals surface area contributed by atoms with Crippen LogP contribution in [0.1, 0.15) is 136 Å². The summed E-state index contributed by atoms with van der Waals surface area (Å²) in [5.41, 5.74) is -3.44. The first kappa shape index (κ1) is 45.4. The fourth-order valence-electron chi connectivity index (χ4n) is 4.97. The summed E-state index contributed by atoms with van der Waals surface area (Å²) in [6, 6.07) is 0. The highest BCUT2D eigenvalue weighted by molar-refractivity contribution is 6.10. The number of hydrogen-bond acceptors (Lipinski definition) is 11. The summed E-state index contributed by atoms with van der Waals surface area (Å²) in [5, 5.41) is 5.26. The van der Waals surface area contributed by atoms with E-state index in [-0.39, 0.29) is 85.1 Å². The zero-order valence-electron chi connectivity index (χ0n) is 32.3. The standard InChI is InChI=1S/2C13H21NO4.C10H18O3/c2*1-8(11(17)18-12(2,3)4)7-13(5)9(15)6-10(16)14-13;1-7(6-8(2)11)9(12)13-10(3,4)5/h2*8H,6-7H2,1-5H3,(H,14,16);7H,6H2,1-5H3/t8-,13+;;/m0../s1. The molecule has 2 aliphatic heterocycles. The number of rotatable bonds is 9. The van der Waals surface area contributed by atoms with E-state index in [2.05, 4.69) is 10.6 Å². The van der Waals surface area contributed by atoms with Gasteiger partial charge in [0.25, 0.3) is 0 Å². The SMILES string of the molecule is CC(=O)CC(C)C(=O)OC(C)(C)C.CC(CC1(C)NC(=O)CC1=O)C(=O)OC(C)(C)C.C[C@@H](C[C@@]1(C)NC(=O)CC1=O)C(=O)OC(C)(C)C. The van der Waals surface area contributed by atoms with Crippen LogP contribution in [0.5, 0.6) is 0 Å². The van der Waals surface area contributed by atoms with Crippen molar-refractivity contribution < 1.29 is 52.6 Å². The summed E-state index contributed by atoms with van der Waals surface area (Å²) in [6.45, 7) is 26.1. The second kappa shape index (κ2) is 17.3. The minimum Gasteiger partial charge on any atom is -0.460 e. The van der Waals surface area contributed by atoms with Crippen LogP contribution in [0.15, 0.2) is 0 Å². The Hall–Kier alpha value is -3.64. The summed E-state index contributed by atoms with van der Waals surface area (Å²) in [4.78, 5) is 91.5. The number of hydrogen-bond donors (Lipinski definition) is 2. The second-order valence-corrected chi connectivity index (χ2v) is 16.6. The van der Waals surface area contributed by atoms with Crippen LogP contribution >= 0.6 is 0 Å². The molecule has 3 unspecified atom stereocenters. The van der Waals surface area contributed by atoms with E-state index in [1.165, 1.54) is 6.92 Å². The molecule has 13 heteroatoms. The molecule has 2 N–H and O–H groups in total. The van der Waals surface area contributed by atoms with Crippen molar-refractivity contribution >= 4 is 47.1 Å². The van der Waals surface area contributed by atoms with Gasteiger partial charge in [0.1, 0.15) is 22.6 Å². The van der Waals surface area contributed by atoms with Gasteiger partial charge < -0.3 is 29.6 Å². The highest BCUT2D eigenvalue weighted by Crippen LogP contribution is 2.27. The van der Waals surface area contributed by atoms with E-state index >= 15 is 0 Å². The molecule has 2 saturated heterocycles. The van der Waals surface area contributed by atoms with Crippen LogP contribution in [0.25, 0.3) is 0 Å². The number of ketones is 3. The fourth-order valence-corrected chi connectivity index (χ4v) is 4.97. The maximum atomic E-state index is 11.8. The molecule has 0 spiro atoms. The molecule has 2 fully saturated rings. The van der Waals surface area contributed by atoms with Gasteiger partial charge in [-0.3, -0.25) is 33.6 Å². The molecule has 280 valence electrons. The highest BCUT2D eigenvalue weighted by atomic mass is 16.6. The number of ether oxygens (including phenoxy) is 3. The summed E-state index contributed by atoms with van der Waals surface area (Å²) in [7, 11) is 0. The number of nitrogens with one attached hydrogen (secondary N) is 2. The molecule has 0 aromatic carbocycles. The molecule has 13 nitrogen and oxygen atoms in total. The molecule has 49 heavy (non-hydrogen) atoms. The molecule has 0 bridgehead atoms. The zero-order chi connectivity index (χ0) is 38.9. The van der Waals surface area contributed by atoms with Crippen molar-refractivity contribution in [1.29, 1.82) is 0 Å². The van der Waals surface area contributed by atoms with Gasteiger partial charge in [-0.1, -0.05) is 20.8 Å². The van der Waals surface area contributed by atoms with Crippen molar-refractivity contribution in [3.8, 4) is 0 Å². The first-order valence-electron chi connectivity index (χ1n) is 16.7. The first-order chi connectivity index (χ1) is 21.8. The van der Waals surface area contributed by atoms with Gasteiger partial charge in [-0.15, -0.1) is 0 Å². The molecular weight excluding hydrogens is 636 g/mol. The van der Waals surface area contributed by atoms with Crippen molar-refractivity contribution in [2.24, 2.45) is 17.8 Å². The summed E-state index contributed by atoms with van der Waals surface area (Å²) in [6.07, 6.45) is 0.600. The van der Waals surface area contributed by atoms with Crippen molar-refractivity contribution in [3.05, 3.63) is 0 Å². The highest BCUT2D eigenvalue weighted by Gasteiger charge is 2.45. The van der Waals surface area contributed by atoms with Gasteiger partial charge in [0.05, 0.1) is 41.7 Å². The van der Waals surface area contributed by atoms with Gasteiger partial charge in [0, 0.05) is 6.42 Å².